The van der Waals surface area contributed by atoms with E-state index in [1.165, 1.54) is 10.8 Å². The third-order valence-electron chi connectivity index (χ3n) is 6.82. The molecule has 0 radical (unpaired) electrons. The van der Waals surface area contributed by atoms with Gasteiger partial charge >= 0.3 is 0 Å². The third kappa shape index (κ3) is 4.73. The summed E-state index contributed by atoms with van der Waals surface area (Å²) in [6.07, 6.45) is 2.84. The minimum absolute atomic E-state index is 0.0248. The highest BCUT2D eigenvalue weighted by Gasteiger charge is 2.18. The van der Waals surface area contributed by atoms with E-state index in [9.17, 15) is 4.79 Å². The Bertz CT molecular complexity index is 1720. The van der Waals surface area contributed by atoms with Crippen molar-refractivity contribution >= 4 is 43.7 Å². The Morgan fingerprint density at radius 3 is 2.35 bits per heavy atom. The van der Waals surface area contributed by atoms with Crippen LogP contribution < -0.4 is 0 Å². The molecule has 4 aromatic carbocycles. The number of ether oxygens (including phenoxy) is 1. The number of methoxy groups -OCH3 is 1. The minimum Gasteiger partial charge on any atom is -0.383 e. The number of thiazole rings is 1. The van der Waals surface area contributed by atoms with E-state index >= 15 is 0 Å². The molecule has 184 valence electrons. The number of hydrogen-bond donors (Lipinski definition) is 0. The van der Waals surface area contributed by atoms with Crippen molar-refractivity contribution in [3.63, 3.8) is 0 Å². The van der Waals surface area contributed by atoms with Crippen molar-refractivity contribution in [3.05, 3.63) is 108 Å². The molecule has 0 N–H and O–H groups in total. The summed E-state index contributed by atoms with van der Waals surface area (Å²) in [5, 5.41) is 6.77. The van der Waals surface area contributed by atoms with E-state index in [2.05, 4.69) is 64.5 Å². The van der Waals surface area contributed by atoms with Gasteiger partial charge in [-0.1, -0.05) is 66.7 Å². The van der Waals surface area contributed by atoms with Crippen molar-refractivity contribution in [2.75, 3.05) is 26.8 Å². The highest BCUT2D eigenvalue weighted by molar-refractivity contribution is 7.15. The number of hydrogen-bond acceptors (Lipinski definition) is 4. The maximum Gasteiger partial charge on any atom is 0.253 e. The first kappa shape index (κ1) is 23.4. The maximum atomic E-state index is 13.5. The molecule has 0 bridgehead atoms. The van der Waals surface area contributed by atoms with E-state index in [4.69, 9.17) is 9.72 Å². The smallest absolute Gasteiger partial charge is 0.253 e. The van der Waals surface area contributed by atoms with Crippen molar-refractivity contribution in [1.29, 1.82) is 0 Å². The molecule has 0 unspecified atom stereocenters. The van der Waals surface area contributed by atoms with Crippen LogP contribution in [0.25, 0.3) is 37.8 Å². The van der Waals surface area contributed by atoms with Crippen LogP contribution in [-0.2, 0) is 11.2 Å². The van der Waals surface area contributed by atoms with Crippen LogP contribution in [0, 0.1) is 0 Å². The van der Waals surface area contributed by atoms with Gasteiger partial charge in [-0.3, -0.25) is 9.20 Å². The molecule has 2 heterocycles. The number of aromatic nitrogens is 2. The molecular weight excluding hydrogens is 478 g/mol. The molecule has 6 heteroatoms. The van der Waals surface area contributed by atoms with Gasteiger partial charge in [-0.2, -0.15) is 0 Å². The summed E-state index contributed by atoms with van der Waals surface area (Å²) in [4.78, 5) is 21.2. The summed E-state index contributed by atoms with van der Waals surface area (Å²) in [7, 11) is 1.67. The van der Waals surface area contributed by atoms with E-state index in [1.54, 1.807) is 18.4 Å². The molecule has 0 saturated carbocycles. The Morgan fingerprint density at radius 1 is 0.892 bits per heavy atom. The van der Waals surface area contributed by atoms with Gasteiger partial charge in [-0.15, -0.1) is 11.3 Å². The summed E-state index contributed by atoms with van der Waals surface area (Å²) in [5.74, 6) is 0.0248. The predicted octanol–water partition coefficient (Wildman–Crippen LogP) is 6.70. The highest BCUT2D eigenvalue weighted by atomic mass is 32.1. The van der Waals surface area contributed by atoms with E-state index in [0.717, 1.165) is 39.1 Å². The fraction of sp³-hybridized carbons (Fsp3) is 0.161. The highest BCUT2D eigenvalue weighted by Crippen LogP contribution is 2.27. The Labute approximate surface area is 219 Å². The summed E-state index contributed by atoms with van der Waals surface area (Å²) in [6, 6.07) is 28.9. The molecule has 0 aliphatic rings. The minimum atomic E-state index is 0.0248. The number of carbonyl (C=O) groups excluding carboxylic acids is 1. The average Bonchev–Trinajstić information content (AvgIpc) is 3.54. The molecule has 0 saturated heterocycles. The van der Waals surface area contributed by atoms with Crippen LogP contribution in [0.2, 0.25) is 0 Å². The van der Waals surface area contributed by atoms with Gasteiger partial charge in [0.25, 0.3) is 5.91 Å². The Hall–Kier alpha value is -4.00. The molecule has 5 nitrogen and oxygen atoms in total. The SMILES string of the molecule is COCCN(CCc1csc2nc(-c3ccc4ccccc4c3)cn12)C(=O)c1ccc2ccccc2c1. The standard InChI is InChI=1S/C31H27N3O2S/c1-36-17-16-33(30(35)27-13-11-23-7-3-5-9-25(23)19-27)15-14-28-21-37-31-32-29(20-34(28)31)26-12-10-22-6-2-4-8-24(22)18-26/h2-13,18-21H,14-17H2,1H3. The normalized spacial score (nSPS) is 11.5. The van der Waals surface area contributed by atoms with Crippen LogP contribution >= 0.6 is 11.3 Å². The van der Waals surface area contributed by atoms with Gasteiger partial charge in [0.05, 0.1) is 12.3 Å². The predicted molar refractivity (Wildman–Crippen MR) is 151 cm³/mol. The zero-order chi connectivity index (χ0) is 25.2. The van der Waals surface area contributed by atoms with Crippen molar-refractivity contribution in [1.82, 2.24) is 14.3 Å². The van der Waals surface area contributed by atoms with Crippen molar-refractivity contribution in [3.8, 4) is 11.3 Å². The average molecular weight is 506 g/mol. The van der Waals surface area contributed by atoms with Crippen molar-refractivity contribution < 1.29 is 9.53 Å². The largest absolute Gasteiger partial charge is 0.383 e. The number of nitrogens with zero attached hydrogens (tertiary/aromatic N) is 3. The van der Waals surface area contributed by atoms with Crippen LogP contribution in [0.4, 0.5) is 0 Å². The number of rotatable bonds is 8. The molecule has 0 spiro atoms. The van der Waals surface area contributed by atoms with E-state index in [-0.39, 0.29) is 5.91 Å². The van der Waals surface area contributed by atoms with Gasteiger partial charge in [0.1, 0.15) is 0 Å². The Balaban J connectivity index is 1.23. The second-order valence-corrected chi connectivity index (χ2v) is 10.0. The molecule has 6 aromatic rings. The van der Waals surface area contributed by atoms with Crippen LogP contribution in [-0.4, -0.2) is 47.0 Å². The summed E-state index contributed by atoms with van der Waals surface area (Å²) in [6.45, 7) is 1.64. The number of imidazole rings is 1. The fourth-order valence-corrected chi connectivity index (χ4v) is 5.68. The van der Waals surface area contributed by atoms with Gasteiger partial charge < -0.3 is 9.64 Å². The lowest BCUT2D eigenvalue weighted by Crippen LogP contribution is -2.35. The lowest BCUT2D eigenvalue weighted by molar-refractivity contribution is 0.0697. The first-order valence-corrected chi connectivity index (χ1v) is 13.3. The molecule has 1 amide bonds. The Morgan fingerprint density at radius 2 is 1.59 bits per heavy atom. The molecule has 37 heavy (non-hydrogen) atoms. The van der Waals surface area contributed by atoms with Crippen molar-refractivity contribution in [2.24, 2.45) is 0 Å². The van der Waals surface area contributed by atoms with Crippen LogP contribution in [0.1, 0.15) is 16.1 Å². The van der Waals surface area contributed by atoms with Crippen LogP contribution in [0.5, 0.6) is 0 Å². The summed E-state index contributed by atoms with van der Waals surface area (Å²) < 4.78 is 7.47. The molecular formula is C31H27N3O2S. The molecule has 0 atom stereocenters. The zero-order valence-electron chi connectivity index (χ0n) is 20.6. The van der Waals surface area contributed by atoms with Gasteiger partial charge in [0, 0.05) is 55.0 Å². The second-order valence-electron chi connectivity index (χ2n) is 9.16. The molecule has 0 fully saturated rings. The van der Waals surface area contributed by atoms with Crippen molar-refractivity contribution in [2.45, 2.75) is 6.42 Å². The monoisotopic (exact) mass is 505 g/mol. The lowest BCUT2D eigenvalue weighted by Gasteiger charge is -2.22. The zero-order valence-corrected chi connectivity index (χ0v) is 21.4. The first-order valence-electron chi connectivity index (χ1n) is 12.4. The first-order chi connectivity index (χ1) is 18.2. The van der Waals surface area contributed by atoms with Crippen LogP contribution in [0.3, 0.4) is 0 Å². The number of benzene rings is 4. The topological polar surface area (TPSA) is 46.8 Å². The van der Waals surface area contributed by atoms with Gasteiger partial charge in [-0.05, 0) is 39.7 Å². The van der Waals surface area contributed by atoms with E-state index in [1.807, 2.05) is 41.3 Å². The lowest BCUT2D eigenvalue weighted by atomic mass is 10.1. The summed E-state index contributed by atoms with van der Waals surface area (Å²) >= 11 is 1.63. The van der Waals surface area contributed by atoms with Crippen LogP contribution in [0.15, 0.2) is 96.5 Å². The van der Waals surface area contributed by atoms with E-state index in [0.29, 0.717) is 25.3 Å². The molecule has 0 aliphatic heterocycles. The number of carbonyl (C=O) groups is 1. The molecule has 6 rings (SSSR count). The number of amides is 1. The van der Waals surface area contributed by atoms with Gasteiger partial charge in [-0.25, -0.2) is 4.98 Å². The second kappa shape index (κ2) is 10.2. The molecule has 0 aliphatic carbocycles. The Kier molecular flexibility index (Phi) is 6.43. The molecule has 2 aromatic heterocycles. The third-order valence-corrected chi connectivity index (χ3v) is 7.70. The quantitative estimate of drug-likeness (QED) is 0.231. The van der Waals surface area contributed by atoms with Gasteiger partial charge in [0.2, 0.25) is 0 Å². The maximum absolute atomic E-state index is 13.5. The summed E-state index contributed by atoms with van der Waals surface area (Å²) in [5.41, 5.74) is 3.91. The number of fused-ring (bicyclic) bond motifs is 3. The van der Waals surface area contributed by atoms with Gasteiger partial charge in [0.15, 0.2) is 4.96 Å². The van der Waals surface area contributed by atoms with E-state index < -0.39 is 0 Å². The fourth-order valence-electron chi connectivity index (χ4n) is 4.77.